The van der Waals surface area contributed by atoms with Gasteiger partial charge in [-0.05, 0) is 54.1 Å². The average molecular weight is 363 g/mol. The summed E-state index contributed by atoms with van der Waals surface area (Å²) in [5, 5.41) is 3.28. The van der Waals surface area contributed by atoms with Gasteiger partial charge in [0.1, 0.15) is 5.82 Å². The van der Waals surface area contributed by atoms with Gasteiger partial charge >= 0.3 is 5.97 Å². The molecule has 0 aliphatic heterocycles. The van der Waals surface area contributed by atoms with Gasteiger partial charge in [-0.25, -0.2) is 9.18 Å². The molecule has 4 nitrogen and oxygen atoms in total. The minimum Gasteiger partial charge on any atom is -0.454 e. The number of halogens is 1. The summed E-state index contributed by atoms with van der Waals surface area (Å²) in [6.45, 7) is 0.240. The Hall–Kier alpha value is -3.47. The molecular formula is C22H18FNO3. The van der Waals surface area contributed by atoms with E-state index in [9.17, 15) is 14.0 Å². The van der Waals surface area contributed by atoms with Crippen molar-refractivity contribution >= 4 is 17.4 Å². The van der Waals surface area contributed by atoms with Crippen LogP contribution in [0.4, 0.5) is 10.1 Å². The number of hydrogen-bond acceptors (Lipinski definition) is 4. The first kappa shape index (κ1) is 18.3. The lowest BCUT2D eigenvalue weighted by Crippen LogP contribution is -2.14. The highest BCUT2D eigenvalue weighted by molar-refractivity contribution is 5.99. The van der Waals surface area contributed by atoms with Gasteiger partial charge < -0.3 is 10.1 Å². The summed E-state index contributed by atoms with van der Waals surface area (Å²) in [5.41, 5.74) is 2.69. The fourth-order valence-electron chi connectivity index (χ4n) is 2.45. The molecule has 3 rings (SSSR count). The number of esters is 1. The molecule has 3 aromatic rings. The summed E-state index contributed by atoms with van der Waals surface area (Å²) in [7, 11) is 0. The van der Waals surface area contributed by atoms with E-state index < -0.39 is 11.8 Å². The van der Waals surface area contributed by atoms with E-state index in [1.54, 1.807) is 12.1 Å². The summed E-state index contributed by atoms with van der Waals surface area (Å²) >= 11 is 0. The van der Waals surface area contributed by atoms with Crippen LogP contribution < -0.4 is 5.32 Å². The molecule has 0 unspecified atom stereocenters. The van der Waals surface area contributed by atoms with Crippen LogP contribution in [0.15, 0.2) is 78.9 Å². The zero-order chi connectivity index (χ0) is 19.1. The third-order valence-corrected chi connectivity index (χ3v) is 3.96. The van der Waals surface area contributed by atoms with Crippen molar-refractivity contribution in [2.24, 2.45) is 0 Å². The van der Waals surface area contributed by atoms with Gasteiger partial charge in [-0.1, -0.05) is 30.3 Å². The van der Waals surface area contributed by atoms with Crippen LogP contribution in [0.2, 0.25) is 0 Å². The van der Waals surface area contributed by atoms with Crippen LogP contribution in [-0.2, 0) is 11.3 Å². The normalized spacial score (nSPS) is 10.3. The maximum atomic E-state index is 12.9. The van der Waals surface area contributed by atoms with Gasteiger partial charge in [-0.2, -0.15) is 0 Å². The van der Waals surface area contributed by atoms with Crippen LogP contribution in [0.5, 0.6) is 0 Å². The third-order valence-electron chi connectivity index (χ3n) is 3.96. The number of benzene rings is 3. The molecule has 0 saturated carbocycles. The summed E-state index contributed by atoms with van der Waals surface area (Å²) < 4.78 is 17.9. The fraction of sp³-hybridized carbons (Fsp3) is 0.0909. The van der Waals surface area contributed by atoms with Crippen LogP contribution in [0.25, 0.3) is 0 Å². The molecule has 0 aliphatic rings. The molecule has 0 spiro atoms. The van der Waals surface area contributed by atoms with E-state index in [0.717, 1.165) is 11.3 Å². The monoisotopic (exact) mass is 363 g/mol. The lowest BCUT2D eigenvalue weighted by molar-refractivity contribution is 0.0474. The molecule has 1 N–H and O–H groups in total. The number of carbonyl (C=O) groups excluding carboxylic acids is 2. The number of anilines is 1. The van der Waals surface area contributed by atoms with Gasteiger partial charge in [-0.15, -0.1) is 0 Å². The van der Waals surface area contributed by atoms with E-state index in [2.05, 4.69) is 5.32 Å². The van der Waals surface area contributed by atoms with Crippen molar-refractivity contribution in [3.63, 3.8) is 0 Å². The number of Topliss-reactive ketones (excluding diaryl/α,β-unsaturated/α-hetero) is 1. The van der Waals surface area contributed by atoms with E-state index in [1.165, 1.54) is 24.3 Å². The van der Waals surface area contributed by atoms with Crippen LogP contribution in [-0.4, -0.2) is 18.4 Å². The SMILES string of the molecule is O=C(COC(=O)c1ccc(CNc2ccccc2)cc1)c1ccc(F)cc1. The first-order valence-corrected chi connectivity index (χ1v) is 8.45. The minimum atomic E-state index is -0.576. The second kappa shape index (κ2) is 8.76. The smallest absolute Gasteiger partial charge is 0.338 e. The highest BCUT2D eigenvalue weighted by atomic mass is 19.1. The number of rotatable bonds is 7. The van der Waals surface area contributed by atoms with Crippen molar-refractivity contribution in [1.29, 1.82) is 0 Å². The molecule has 0 aromatic heterocycles. The first-order chi connectivity index (χ1) is 13.1. The third kappa shape index (κ3) is 5.25. The minimum absolute atomic E-state index is 0.298. The van der Waals surface area contributed by atoms with E-state index in [0.29, 0.717) is 17.7 Å². The molecule has 0 amide bonds. The van der Waals surface area contributed by atoms with E-state index in [-0.39, 0.29) is 12.4 Å². The van der Waals surface area contributed by atoms with E-state index in [1.807, 2.05) is 42.5 Å². The molecule has 136 valence electrons. The molecular weight excluding hydrogens is 345 g/mol. The standard InChI is InChI=1S/C22H18FNO3/c23-19-12-10-17(11-13-19)21(25)15-27-22(26)18-8-6-16(7-9-18)14-24-20-4-2-1-3-5-20/h1-13,24H,14-15H2. The molecule has 0 aliphatic carbocycles. The Kier molecular flexibility index (Phi) is 5.94. The number of nitrogens with one attached hydrogen (secondary N) is 1. The predicted octanol–water partition coefficient (Wildman–Crippen LogP) is 4.48. The molecule has 5 heteroatoms. The predicted molar refractivity (Wildman–Crippen MR) is 101 cm³/mol. The second-order valence-electron chi connectivity index (χ2n) is 5.92. The van der Waals surface area contributed by atoms with E-state index >= 15 is 0 Å². The first-order valence-electron chi connectivity index (χ1n) is 8.45. The summed E-state index contributed by atoms with van der Waals surface area (Å²) in [5.74, 6) is -1.38. The Morgan fingerprint density at radius 3 is 2.11 bits per heavy atom. The summed E-state index contributed by atoms with van der Waals surface area (Å²) in [4.78, 5) is 24.0. The average Bonchev–Trinajstić information content (AvgIpc) is 2.72. The number of hydrogen-bond donors (Lipinski definition) is 1. The Morgan fingerprint density at radius 2 is 1.44 bits per heavy atom. The Balaban J connectivity index is 1.51. The van der Waals surface area contributed by atoms with Gasteiger partial charge in [0.25, 0.3) is 0 Å². The Labute approximate surface area is 156 Å². The van der Waals surface area contributed by atoms with E-state index in [4.69, 9.17) is 4.74 Å². The molecule has 27 heavy (non-hydrogen) atoms. The van der Waals surface area contributed by atoms with Crippen LogP contribution in [0.3, 0.4) is 0 Å². The molecule has 0 fully saturated rings. The van der Waals surface area contributed by atoms with Crippen molar-refractivity contribution < 1.29 is 18.7 Å². The van der Waals surface area contributed by atoms with Crippen molar-refractivity contribution in [3.8, 4) is 0 Å². The van der Waals surface area contributed by atoms with Crippen molar-refractivity contribution in [3.05, 3.63) is 101 Å². The topological polar surface area (TPSA) is 55.4 Å². The van der Waals surface area contributed by atoms with Gasteiger partial charge in [0.15, 0.2) is 12.4 Å². The molecule has 0 bridgehead atoms. The summed E-state index contributed by atoms with van der Waals surface area (Å²) in [6.07, 6.45) is 0. The Bertz CT molecular complexity index is 907. The second-order valence-corrected chi connectivity index (χ2v) is 5.92. The lowest BCUT2D eigenvalue weighted by atomic mass is 10.1. The number of carbonyl (C=O) groups is 2. The fourth-order valence-corrected chi connectivity index (χ4v) is 2.45. The zero-order valence-electron chi connectivity index (χ0n) is 14.5. The molecule has 0 radical (unpaired) electrons. The Morgan fingerprint density at radius 1 is 0.815 bits per heavy atom. The maximum absolute atomic E-state index is 12.9. The van der Waals surface area contributed by atoms with Gasteiger partial charge in [0.2, 0.25) is 0 Å². The highest BCUT2D eigenvalue weighted by Gasteiger charge is 2.12. The van der Waals surface area contributed by atoms with Gasteiger partial charge in [-0.3, -0.25) is 4.79 Å². The molecule has 0 saturated heterocycles. The van der Waals surface area contributed by atoms with Crippen molar-refractivity contribution in [1.82, 2.24) is 0 Å². The largest absolute Gasteiger partial charge is 0.454 e. The van der Waals surface area contributed by atoms with Crippen LogP contribution in [0, 0.1) is 5.82 Å². The quantitative estimate of drug-likeness (QED) is 0.497. The van der Waals surface area contributed by atoms with Crippen LogP contribution in [0.1, 0.15) is 26.3 Å². The van der Waals surface area contributed by atoms with Crippen LogP contribution >= 0.6 is 0 Å². The van der Waals surface area contributed by atoms with Crippen molar-refractivity contribution in [2.75, 3.05) is 11.9 Å². The number of ketones is 1. The highest BCUT2D eigenvalue weighted by Crippen LogP contribution is 2.11. The molecule has 0 heterocycles. The zero-order valence-corrected chi connectivity index (χ0v) is 14.5. The maximum Gasteiger partial charge on any atom is 0.338 e. The van der Waals surface area contributed by atoms with Gasteiger partial charge in [0, 0.05) is 17.8 Å². The van der Waals surface area contributed by atoms with Gasteiger partial charge in [0.05, 0.1) is 5.56 Å². The number of ether oxygens (including phenoxy) is 1. The molecule has 0 atom stereocenters. The number of para-hydroxylation sites is 1. The molecule has 3 aromatic carbocycles. The summed E-state index contributed by atoms with van der Waals surface area (Å²) in [6, 6.07) is 21.9. The lowest BCUT2D eigenvalue weighted by Gasteiger charge is -2.08. The van der Waals surface area contributed by atoms with Crippen molar-refractivity contribution in [2.45, 2.75) is 6.54 Å².